The second-order valence-electron chi connectivity index (χ2n) is 3.53. The second-order valence-corrected chi connectivity index (χ2v) is 4.56. The maximum atomic E-state index is 11.5. The minimum atomic E-state index is -0.391. The molecule has 0 bridgehead atoms. The highest BCUT2D eigenvalue weighted by molar-refractivity contribution is 7.09. The fourth-order valence-corrected chi connectivity index (χ4v) is 2.06. The fourth-order valence-electron chi connectivity index (χ4n) is 1.37. The van der Waals surface area contributed by atoms with Crippen molar-refractivity contribution >= 4 is 23.2 Å². The van der Waals surface area contributed by atoms with E-state index in [-0.39, 0.29) is 11.7 Å². The van der Waals surface area contributed by atoms with Crippen molar-refractivity contribution in [3.05, 3.63) is 46.5 Å². The Morgan fingerprint density at radius 3 is 3.00 bits per heavy atom. The summed E-state index contributed by atoms with van der Waals surface area (Å²) in [7, 11) is 0. The van der Waals surface area contributed by atoms with Gasteiger partial charge in [0.15, 0.2) is 11.7 Å². The van der Waals surface area contributed by atoms with Gasteiger partial charge in [-0.3, -0.25) is 15.1 Å². The Balaban J connectivity index is 1.80. The first kappa shape index (κ1) is 12.4. The number of hydrogen-bond donors (Lipinski definition) is 2. The topological polar surface area (TPSA) is 80.6 Å². The van der Waals surface area contributed by atoms with Crippen molar-refractivity contribution in [3.63, 3.8) is 0 Å². The summed E-state index contributed by atoms with van der Waals surface area (Å²) in [5, 5.41) is 4.48. The zero-order valence-electron chi connectivity index (χ0n) is 9.63. The average molecular weight is 263 g/mol. The summed E-state index contributed by atoms with van der Waals surface area (Å²) in [6, 6.07) is 7.23. The van der Waals surface area contributed by atoms with Gasteiger partial charge in [0.05, 0.1) is 6.26 Å². The van der Waals surface area contributed by atoms with Crippen LogP contribution in [0.5, 0.6) is 0 Å². The molecule has 6 heteroatoms. The molecule has 1 amide bonds. The molecular weight excluding hydrogens is 250 g/mol. The van der Waals surface area contributed by atoms with Crippen LogP contribution in [0.2, 0.25) is 0 Å². The van der Waals surface area contributed by atoms with Crippen LogP contribution in [0, 0.1) is 0 Å². The van der Waals surface area contributed by atoms with Crippen LogP contribution in [0.15, 0.2) is 45.3 Å². The summed E-state index contributed by atoms with van der Waals surface area (Å²) < 4.78 is 4.94. The number of nitrogens with zero attached hydrogens (tertiary/aromatic N) is 1. The number of amides is 1. The van der Waals surface area contributed by atoms with Gasteiger partial charge in [-0.15, -0.1) is 11.3 Å². The highest BCUT2D eigenvalue weighted by atomic mass is 32.1. The van der Waals surface area contributed by atoms with Crippen molar-refractivity contribution in [2.24, 2.45) is 10.7 Å². The van der Waals surface area contributed by atoms with Crippen LogP contribution >= 0.6 is 11.3 Å². The predicted octanol–water partition coefficient (Wildman–Crippen LogP) is 1.63. The standard InChI is InChI=1S/C12H13N3O2S/c13-12(14-6-5-9-3-2-8-18-9)15-11(16)10-4-1-7-17-10/h1-4,7-8H,5-6H2,(H3,13,14,15,16). The molecule has 0 aliphatic rings. The minimum Gasteiger partial charge on any atom is -0.459 e. The zero-order chi connectivity index (χ0) is 12.8. The Labute approximate surface area is 108 Å². The third-order valence-corrected chi connectivity index (χ3v) is 3.14. The van der Waals surface area contributed by atoms with E-state index in [1.54, 1.807) is 23.5 Å². The number of guanidine groups is 1. The Morgan fingerprint density at radius 1 is 1.44 bits per heavy atom. The molecule has 0 unspecified atom stereocenters. The number of thiophene rings is 1. The van der Waals surface area contributed by atoms with Crippen molar-refractivity contribution in [1.82, 2.24) is 5.32 Å². The number of rotatable bonds is 4. The largest absolute Gasteiger partial charge is 0.459 e. The van der Waals surface area contributed by atoms with Crippen molar-refractivity contribution in [2.75, 3.05) is 6.54 Å². The summed E-state index contributed by atoms with van der Waals surface area (Å²) in [5.41, 5.74) is 5.60. The van der Waals surface area contributed by atoms with Gasteiger partial charge in [0, 0.05) is 17.8 Å². The lowest BCUT2D eigenvalue weighted by molar-refractivity contribution is 0.0949. The molecule has 2 heterocycles. The van der Waals surface area contributed by atoms with E-state index in [0.717, 1.165) is 6.42 Å². The van der Waals surface area contributed by atoms with Crippen molar-refractivity contribution < 1.29 is 9.21 Å². The van der Waals surface area contributed by atoms with Crippen LogP contribution < -0.4 is 11.1 Å². The van der Waals surface area contributed by atoms with E-state index >= 15 is 0 Å². The van der Waals surface area contributed by atoms with Gasteiger partial charge < -0.3 is 10.2 Å². The molecule has 2 aromatic heterocycles. The lowest BCUT2D eigenvalue weighted by atomic mass is 10.3. The van der Waals surface area contributed by atoms with Crippen molar-refractivity contribution in [3.8, 4) is 0 Å². The molecule has 18 heavy (non-hydrogen) atoms. The van der Waals surface area contributed by atoms with Crippen LogP contribution in [0.1, 0.15) is 15.4 Å². The first-order chi connectivity index (χ1) is 8.75. The van der Waals surface area contributed by atoms with Crippen molar-refractivity contribution in [1.29, 1.82) is 0 Å². The minimum absolute atomic E-state index is 0.105. The zero-order valence-corrected chi connectivity index (χ0v) is 10.4. The summed E-state index contributed by atoms with van der Waals surface area (Å²) in [5.74, 6) is -0.0725. The number of carbonyl (C=O) groups is 1. The molecule has 0 aliphatic heterocycles. The van der Waals surface area contributed by atoms with Gasteiger partial charge >= 0.3 is 0 Å². The van der Waals surface area contributed by atoms with Gasteiger partial charge in [0.2, 0.25) is 0 Å². The first-order valence-electron chi connectivity index (χ1n) is 5.43. The fraction of sp³-hybridized carbons (Fsp3) is 0.167. The van der Waals surface area contributed by atoms with Crippen LogP contribution in [-0.2, 0) is 6.42 Å². The van der Waals surface area contributed by atoms with E-state index in [0.29, 0.717) is 6.54 Å². The molecule has 94 valence electrons. The molecular formula is C12H13N3O2S. The maximum Gasteiger partial charge on any atom is 0.293 e. The molecule has 3 N–H and O–H groups in total. The Morgan fingerprint density at radius 2 is 2.33 bits per heavy atom. The van der Waals surface area contributed by atoms with Crippen LogP contribution in [0.4, 0.5) is 0 Å². The van der Waals surface area contributed by atoms with Crippen LogP contribution in [-0.4, -0.2) is 18.4 Å². The molecule has 5 nitrogen and oxygen atoms in total. The lowest BCUT2D eigenvalue weighted by Gasteiger charge is -2.01. The van der Waals surface area contributed by atoms with Crippen LogP contribution in [0.3, 0.4) is 0 Å². The number of nitrogens with one attached hydrogen (secondary N) is 1. The Bertz CT molecular complexity index is 518. The molecule has 0 aromatic carbocycles. The SMILES string of the molecule is NC(=NCCc1cccs1)NC(=O)c1ccco1. The summed E-state index contributed by atoms with van der Waals surface area (Å²) >= 11 is 1.67. The normalized spacial score (nSPS) is 11.4. The predicted molar refractivity (Wildman–Crippen MR) is 70.7 cm³/mol. The smallest absolute Gasteiger partial charge is 0.293 e. The third kappa shape index (κ3) is 3.46. The highest BCUT2D eigenvalue weighted by Crippen LogP contribution is 2.08. The van der Waals surface area contributed by atoms with E-state index in [1.807, 2.05) is 17.5 Å². The second kappa shape index (κ2) is 6.02. The van der Waals surface area contributed by atoms with Gasteiger partial charge in [-0.2, -0.15) is 0 Å². The summed E-state index contributed by atoms with van der Waals surface area (Å²) in [4.78, 5) is 16.9. The molecule has 0 aliphatic carbocycles. The number of furan rings is 1. The molecule has 0 saturated carbocycles. The van der Waals surface area contributed by atoms with Gasteiger partial charge in [0.1, 0.15) is 0 Å². The highest BCUT2D eigenvalue weighted by Gasteiger charge is 2.08. The van der Waals surface area contributed by atoms with E-state index in [2.05, 4.69) is 10.3 Å². The molecule has 2 aromatic rings. The summed E-state index contributed by atoms with van der Waals surface area (Å²) in [6.07, 6.45) is 2.24. The lowest BCUT2D eigenvalue weighted by Crippen LogP contribution is -2.36. The summed E-state index contributed by atoms with van der Waals surface area (Å²) in [6.45, 7) is 0.546. The monoisotopic (exact) mass is 263 g/mol. The molecule has 0 spiro atoms. The Hall–Kier alpha value is -2.08. The molecule has 0 saturated heterocycles. The van der Waals surface area contributed by atoms with E-state index in [1.165, 1.54) is 11.1 Å². The first-order valence-corrected chi connectivity index (χ1v) is 6.31. The maximum absolute atomic E-state index is 11.5. The van der Waals surface area contributed by atoms with E-state index in [4.69, 9.17) is 10.2 Å². The molecule has 0 atom stereocenters. The quantitative estimate of drug-likeness (QED) is 0.650. The molecule has 2 rings (SSSR count). The number of hydrogen-bond acceptors (Lipinski definition) is 4. The van der Waals surface area contributed by atoms with Gasteiger partial charge in [-0.25, -0.2) is 0 Å². The van der Waals surface area contributed by atoms with Gasteiger partial charge in [-0.05, 0) is 23.6 Å². The number of aliphatic imine (C=N–C) groups is 1. The van der Waals surface area contributed by atoms with Crippen molar-refractivity contribution in [2.45, 2.75) is 6.42 Å². The Kier molecular flexibility index (Phi) is 4.14. The molecule has 0 radical (unpaired) electrons. The molecule has 0 fully saturated rings. The number of carbonyl (C=O) groups excluding carboxylic acids is 1. The van der Waals surface area contributed by atoms with E-state index < -0.39 is 5.91 Å². The van der Waals surface area contributed by atoms with Gasteiger partial charge in [0.25, 0.3) is 5.91 Å². The average Bonchev–Trinajstić information content (AvgIpc) is 3.02. The van der Waals surface area contributed by atoms with Gasteiger partial charge in [-0.1, -0.05) is 6.07 Å². The van der Waals surface area contributed by atoms with E-state index in [9.17, 15) is 4.79 Å². The van der Waals surface area contributed by atoms with Crippen LogP contribution in [0.25, 0.3) is 0 Å². The third-order valence-electron chi connectivity index (χ3n) is 2.21. The number of nitrogens with two attached hydrogens (primary N) is 1.